The molecule has 0 aliphatic carbocycles. The molecule has 13 heteroatoms. The summed E-state index contributed by atoms with van der Waals surface area (Å²) in [4.78, 5) is 67.6. The first kappa shape index (κ1) is 31.5. The van der Waals surface area contributed by atoms with E-state index in [1.165, 1.54) is 18.2 Å². The van der Waals surface area contributed by atoms with Crippen molar-refractivity contribution < 1.29 is 44.1 Å². The van der Waals surface area contributed by atoms with Gasteiger partial charge in [-0.05, 0) is 48.4 Å². The van der Waals surface area contributed by atoms with Crippen molar-refractivity contribution in [2.75, 3.05) is 11.1 Å². The lowest BCUT2D eigenvalue weighted by atomic mass is 9.96. The third kappa shape index (κ3) is 11.3. The van der Waals surface area contributed by atoms with Crippen molar-refractivity contribution in [3.05, 3.63) is 95.6 Å². The smallest absolute Gasteiger partial charge is 0.337 e. The number of aromatic carboxylic acids is 1. The molecule has 3 aromatic rings. The molecule has 8 N–H and O–H groups in total. The lowest BCUT2D eigenvalue weighted by Crippen LogP contribution is -2.42. The number of aliphatic carboxylic acids is 2. The fourth-order valence-electron chi connectivity index (χ4n) is 3.35. The molecular weight excluding hydrogens is 536 g/mol. The van der Waals surface area contributed by atoms with Crippen LogP contribution >= 0.6 is 0 Å². The Hall–Kier alpha value is -5.72. The van der Waals surface area contributed by atoms with Gasteiger partial charge in [-0.15, -0.1) is 0 Å². The molecule has 1 atom stereocenters. The molecule has 3 aromatic carbocycles. The molecule has 0 saturated heterocycles. The Labute approximate surface area is 234 Å². The Kier molecular flexibility index (Phi) is 12.0. The second-order valence-corrected chi connectivity index (χ2v) is 8.52. The predicted octanol–water partition coefficient (Wildman–Crippen LogP) is 2.16. The van der Waals surface area contributed by atoms with Gasteiger partial charge < -0.3 is 26.4 Å². The minimum atomic E-state index is -1.20. The summed E-state index contributed by atoms with van der Waals surface area (Å²) in [5.74, 6) is -6.28. The highest BCUT2D eigenvalue weighted by Gasteiger charge is 2.21. The van der Waals surface area contributed by atoms with Crippen LogP contribution in [0.3, 0.4) is 0 Å². The number of nitrogens with one attached hydrogen (secondary N) is 3. The van der Waals surface area contributed by atoms with E-state index in [0.717, 1.165) is 5.56 Å². The SMILES string of the molecule is Nc1ccc(CC(CC(=O)O)C(=O)O)cc1.O=C(CC(=O)Nc1ccccc1C(=O)O)NNC(=O)c1ccccc1. The Morgan fingerprint density at radius 2 is 1.34 bits per heavy atom. The molecular formula is C28H28N4O9. The van der Waals surface area contributed by atoms with Gasteiger partial charge in [0.05, 0.1) is 23.6 Å². The van der Waals surface area contributed by atoms with E-state index in [4.69, 9.17) is 21.1 Å². The monoisotopic (exact) mass is 564 g/mol. The molecule has 0 fully saturated rings. The van der Waals surface area contributed by atoms with Crippen LogP contribution in [0.5, 0.6) is 0 Å². The zero-order valence-corrected chi connectivity index (χ0v) is 21.6. The van der Waals surface area contributed by atoms with Crippen LogP contribution in [0.4, 0.5) is 11.4 Å². The maximum absolute atomic E-state index is 11.8. The van der Waals surface area contributed by atoms with Gasteiger partial charge in [0.2, 0.25) is 11.8 Å². The highest BCUT2D eigenvalue weighted by atomic mass is 16.4. The van der Waals surface area contributed by atoms with Gasteiger partial charge in [0.15, 0.2) is 0 Å². The first-order chi connectivity index (χ1) is 19.5. The highest BCUT2D eigenvalue weighted by molar-refractivity contribution is 6.07. The van der Waals surface area contributed by atoms with Gasteiger partial charge in [-0.2, -0.15) is 0 Å². The van der Waals surface area contributed by atoms with Gasteiger partial charge in [0, 0.05) is 11.3 Å². The number of rotatable bonds is 10. The number of para-hydroxylation sites is 1. The highest BCUT2D eigenvalue weighted by Crippen LogP contribution is 2.16. The molecule has 13 nitrogen and oxygen atoms in total. The molecule has 214 valence electrons. The zero-order valence-electron chi connectivity index (χ0n) is 21.6. The van der Waals surface area contributed by atoms with Crippen LogP contribution in [-0.2, 0) is 25.6 Å². The average Bonchev–Trinajstić information content (AvgIpc) is 2.93. The summed E-state index contributed by atoms with van der Waals surface area (Å²) in [5, 5.41) is 28.8. The van der Waals surface area contributed by atoms with Gasteiger partial charge in [0.1, 0.15) is 6.42 Å². The number of nitrogens with two attached hydrogens (primary N) is 1. The van der Waals surface area contributed by atoms with Gasteiger partial charge in [-0.1, -0.05) is 42.5 Å². The lowest BCUT2D eigenvalue weighted by Gasteiger charge is -2.09. The summed E-state index contributed by atoms with van der Waals surface area (Å²) in [6, 6.07) is 20.8. The maximum Gasteiger partial charge on any atom is 0.337 e. The number of hydrazine groups is 1. The Balaban J connectivity index is 0.000000317. The first-order valence-electron chi connectivity index (χ1n) is 12.0. The average molecular weight is 565 g/mol. The van der Waals surface area contributed by atoms with Crippen LogP contribution in [-0.4, -0.2) is 50.9 Å². The molecule has 0 saturated carbocycles. The number of amides is 3. The number of carboxylic acids is 3. The van der Waals surface area contributed by atoms with Gasteiger partial charge in [-0.25, -0.2) is 4.79 Å². The van der Waals surface area contributed by atoms with Crippen molar-refractivity contribution in [1.29, 1.82) is 0 Å². The largest absolute Gasteiger partial charge is 0.481 e. The molecule has 0 aliphatic rings. The number of anilines is 2. The van der Waals surface area contributed by atoms with Crippen molar-refractivity contribution in [3.63, 3.8) is 0 Å². The van der Waals surface area contributed by atoms with Crippen LogP contribution in [0.2, 0.25) is 0 Å². The summed E-state index contributed by atoms with van der Waals surface area (Å²) in [7, 11) is 0. The zero-order chi connectivity index (χ0) is 30.4. The number of carboxylic acid groups (broad SMARTS) is 3. The third-order valence-electron chi connectivity index (χ3n) is 5.34. The molecule has 0 bridgehead atoms. The van der Waals surface area contributed by atoms with Gasteiger partial charge in [-0.3, -0.25) is 34.8 Å². The van der Waals surface area contributed by atoms with E-state index < -0.39 is 48.0 Å². The van der Waals surface area contributed by atoms with E-state index in [-0.39, 0.29) is 24.1 Å². The van der Waals surface area contributed by atoms with E-state index in [9.17, 15) is 28.8 Å². The quantitative estimate of drug-likeness (QED) is 0.108. The number of hydrogen-bond acceptors (Lipinski definition) is 7. The molecule has 0 aromatic heterocycles. The van der Waals surface area contributed by atoms with E-state index in [1.807, 2.05) is 0 Å². The maximum atomic E-state index is 11.8. The molecule has 0 radical (unpaired) electrons. The Morgan fingerprint density at radius 3 is 1.93 bits per heavy atom. The van der Waals surface area contributed by atoms with Gasteiger partial charge >= 0.3 is 17.9 Å². The van der Waals surface area contributed by atoms with Crippen molar-refractivity contribution >= 4 is 47.0 Å². The fourth-order valence-corrected chi connectivity index (χ4v) is 3.35. The molecule has 1 unspecified atom stereocenters. The summed E-state index contributed by atoms with van der Waals surface area (Å²) >= 11 is 0. The Bertz CT molecular complexity index is 1390. The second kappa shape index (κ2) is 15.6. The molecule has 0 spiro atoms. The van der Waals surface area contributed by atoms with Crippen LogP contribution in [0.1, 0.15) is 39.1 Å². The minimum Gasteiger partial charge on any atom is -0.481 e. The number of nitrogen functional groups attached to an aromatic ring is 1. The van der Waals surface area contributed by atoms with E-state index in [0.29, 0.717) is 11.3 Å². The van der Waals surface area contributed by atoms with Crippen molar-refractivity contribution in [2.24, 2.45) is 5.92 Å². The van der Waals surface area contributed by atoms with Crippen molar-refractivity contribution in [1.82, 2.24) is 10.9 Å². The van der Waals surface area contributed by atoms with E-state index in [2.05, 4.69) is 16.2 Å². The lowest BCUT2D eigenvalue weighted by molar-refractivity contribution is -0.148. The number of benzene rings is 3. The number of carbonyl (C=O) groups excluding carboxylic acids is 3. The summed E-state index contributed by atoms with van der Waals surface area (Å²) in [5.41, 5.74) is 11.5. The fraction of sp³-hybridized carbons (Fsp3) is 0.143. The van der Waals surface area contributed by atoms with Crippen LogP contribution < -0.4 is 21.9 Å². The van der Waals surface area contributed by atoms with Crippen LogP contribution in [0.25, 0.3) is 0 Å². The van der Waals surface area contributed by atoms with Crippen molar-refractivity contribution in [3.8, 4) is 0 Å². The van der Waals surface area contributed by atoms with Gasteiger partial charge in [0.25, 0.3) is 5.91 Å². The standard InChI is InChI=1S/C17H15N3O5.C11H13NO4/c21-14(18-13-9-5-4-8-12(13)17(24)25)10-15(22)19-20-16(23)11-6-2-1-3-7-11;12-9-3-1-7(2-4-9)5-8(11(15)16)6-10(13)14/h1-9H,10H2,(H,18,21)(H,19,22)(H,20,23)(H,24,25);1-4,8H,5-6,12H2,(H,13,14)(H,15,16). The van der Waals surface area contributed by atoms with E-state index in [1.54, 1.807) is 60.7 Å². The normalized spacial score (nSPS) is 10.6. The minimum absolute atomic E-state index is 0.0844. The second-order valence-electron chi connectivity index (χ2n) is 8.52. The molecule has 0 aliphatic heterocycles. The van der Waals surface area contributed by atoms with Crippen LogP contribution in [0.15, 0.2) is 78.9 Å². The molecule has 0 heterocycles. The molecule has 3 rings (SSSR count). The number of hydrogen-bond donors (Lipinski definition) is 7. The first-order valence-corrected chi connectivity index (χ1v) is 12.0. The molecule has 41 heavy (non-hydrogen) atoms. The van der Waals surface area contributed by atoms with Crippen LogP contribution in [0, 0.1) is 5.92 Å². The number of carbonyl (C=O) groups is 6. The topological polar surface area (TPSA) is 225 Å². The van der Waals surface area contributed by atoms with Crippen molar-refractivity contribution in [2.45, 2.75) is 19.3 Å². The molecule has 3 amide bonds. The van der Waals surface area contributed by atoms with E-state index >= 15 is 0 Å². The summed E-state index contributed by atoms with van der Waals surface area (Å²) in [6.45, 7) is 0. The third-order valence-corrected chi connectivity index (χ3v) is 5.34. The summed E-state index contributed by atoms with van der Waals surface area (Å²) in [6.07, 6.45) is -0.759. The predicted molar refractivity (Wildman–Crippen MR) is 147 cm³/mol. The Morgan fingerprint density at radius 1 is 0.732 bits per heavy atom. The summed E-state index contributed by atoms with van der Waals surface area (Å²) < 4.78 is 0.